The number of hydrogen-bond acceptors (Lipinski definition) is 2. The van der Waals surface area contributed by atoms with Crippen molar-refractivity contribution in [2.45, 2.75) is 0 Å². The number of halogens is 4. The zero-order chi connectivity index (χ0) is 12.6. The van der Waals surface area contributed by atoms with Crippen LogP contribution in [-0.4, -0.2) is 22.2 Å². The summed E-state index contributed by atoms with van der Waals surface area (Å²) >= 11 is 12.4. The minimum atomic E-state index is -1.32. The lowest BCUT2D eigenvalue weighted by Crippen LogP contribution is -2.11. The van der Waals surface area contributed by atoms with Crippen molar-refractivity contribution in [2.75, 3.05) is 0 Å². The predicted octanol–water partition coefficient (Wildman–Crippen LogP) is 4.13. The molecule has 8 heteroatoms. The molecule has 0 amide bonds. The molecule has 1 aromatic rings. The number of rotatable bonds is 2. The fourth-order valence-electron chi connectivity index (χ4n) is 1.03. The van der Waals surface area contributed by atoms with Crippen LogP contribution in [0.3, 0.4) is 0 Å². The van der Waals surface area contributed by atoms with Crippen LogP contribution in [0.1, 0.15) is 20.7 Å². The molecule has 0 aromatic heterocycles. The standard InChI is InChI=1S/C8H2Br4O4/c9-3-1(7(13)14)2(8(15)16)4(10)6(12)5(3)11/h(H,13,14)(H,15,16). The summed E-state index contributed by atoms with van der Waals surface area (Å²) in [5.74, 6) is -2.64. The maximum absolute atomic E-state index is 11.0. The molecule has 0 heterocycles. The van der Waals surface area contributed by atoms with Crippen molar-refractivity contribution in [2.24, 2.45) is 0 Å². The molecule has 1 rings (SSSR count). The maximum atomic E-state index is 11.0. The third-order valence-electron chi connectivity index (χ3n) is 1.69. The molecule has 0 aliphatic heterocycles. The highest BCUT2D eigenvalue weighted by atomic mass is 79.9. The van der Waals surface area contributed by atoms with E-state index in [0.717, 1.165) is 0 Å². The van der Waals surface area contributed by atoms with Crippen molar-refractivity contribution in [3.05, 3.63) is 29.0 Å². The van der Waals surface area contributed by atoms with Gasteiger partial charge in [0.05, 0.1) is 11.1 Å². The molecule has 0 fully saturated rings. The zero-order valence-electron chi connectivity index (χ0n) is 7.22. The van der Waals surface area contributed by atoms with Crippen LogP contribution in [0.25, 0.3) is 0 Å². The van der Waals surface area contributed by atoms with Crippen molar-refractivity contribution in [3.8, 4) is 0 Å². The first-order valence-corrected chi connectivity index (χ1v) is 6.78. The Bertz CT molecular complexity index is 453. The highest BCUT2D eigenvalue weighted by Crippen LogP contribution is 2.42. The van der Waals surface area contributed by atoms with Crippen LogP contribution < -0.4 is 0 Å². The van der Waals surface area contributed by atoms with E-state index >= 15 is 0 Å². The average Bonchev–Trinajstić information content (AvgIpc) is 2.18. The van der Waals surface area contributed by atoms with Crippen LogP contribution in [0.15, 0.2) is 17.9 Å². The van der Waals surface area contributed by atoms with Crippen LogP contribution in [0.5, 0.6) is 0 Å². The van der Waals surface area contributed by atoms with Crippen molar-refractivity contribution in [1.82, 2.24) is 0 Å². The van der Waals surface area contributed by atoms with Gasteiger partial charge >= 0.3 is 11.9 Å². The Morgan fingerprint density at radius 1 is 0.688 bits per heavy atom. The summed E-state index contributed by atoms with van der Waals surface area (Å²) in [6.07, 6.45) is 0. The first-order valence-electron chi connectivity index (χ1n) is 3.61. The number of hydrogen-bond donors (Lipinski definition) is 2. The molecular weight excluding hydrogens is 480 g/mol. The van der Waals surface area contributed by atoms with Gasteiger partial charge in [-0.05, 0) is 63.7 Å². The molecular formula is C8H2Br4O4. The number of aromatic carboxylic acids is 2. The minimum absolute atomic E-state index is 0.174. The summed E-state index contributed by atoms with van der Waals surface area (Å²) in [5.41, 5.74) is -0.621. The van der Waals surface area contributed by atoms with Crippen LogP contribution >= 0.6 is 63.7 Å². The van der Waals surface area contributed by atoms with E-state index in [2.05, 4.69) is 63.7 Å². The van der Waals surface area contributed by atoms with Crippen LogP contribution in [0.4, 0.5) is 0 Å². The molecule has 0 aliphatic carbocycles. The van der Waals surface area contributed by atoms with E-state index in [0.29, 0.717) is 8.95 Å². The molecule has 1 aromatic carbocycles. The Kier molecular flexibility index (Phi) is 4.56. The molecule has 2 N–H and O–H groups in total. The Balaban J connectivity index is 3.83. The normalized spacial score (nSPS) is 10.2. The minimum Gasteiger partial charge on any atom is -0.478 e. The fourth-order valence-corrected chi connectivity index (χ4v) is 3.49. The molecule has 0 unspecified atom stereocenters. The van der Waals surface area contributed by atoms with Crippen LogP contribution in [0.2, 0.25) is 0 Å². The van der Waals surface area contributed by atoms with E-state index in [9.17, 15) is 9.59 Å². The molecule has 0 saturated heterocycles. The zero-order valence-corrected chi connectivity index (χ0v) is 13.6. The third kappa shape index (κ3) is 2.34. The highest BCUT2D eigenvalue weighted by molar-refractivity contribution is 9.15. The molecule has 16 heavy (non-hydrogen) atoms. The summed E-state index contributed by atoms with van der Waals surface area (Å²) in [5, 5.41) is 18.0. The quantitative estimate of drug-likeness (QED) is 0.492. The molecule has 0 atom stereocenters. The Morgan fingerprint density at radius 2 is 0.938 bits per heavy atom. The first kappa shape index (κ1) is 14.1. The van der Waals surface area contributed by atoms with E-state index < -0.39 is 11.9 Å². The number of carboxylic acids is 2. The van der Waals surface area contributed by atoms with Gasteiger partial charge in [0.25, 0.3) is 0 Å². The second-order valence-electron chi connectivity index (χ2n) is 2.62. The molecule has 86 valence electrons. The lowest BCUT2D eigenvalue weighted by molar-refractivity contribution is 0.0649. The van der Waals surface area contributed by atoms with E-state index in [1.54, 1.807) is 0 Å². The fraction of sp³-hybridized carbons (Fsp3) is 0. The summed E-state index contributed by atoms with van der Waals surface area (Å²) in [6, 6.07) is 0. The van der Waals surface area contributed by atoms with Crippen LogP contribution in [0, 0.1) is 0 Å². The summed E-state index contributed by atoms with van der Waals surface area (Å²) in [4.78, 5) is 22.0. The Labute approximate surface area is 124 Å². The largest absolute Gasteiger partial charge is 0.478 e. The monoisotopic (exact) mass is 478 g/mol. The summed E-state index contributed by atoms with van der Waals surface area (Å²) < 4.78 is 1.21. The Hall–Kier alpha value is 0.0800. The van der Waals surface area contributed by atoms with Gasteiger partial charge in [0.1, 0.15) is 0 Å². The van der Waals surface area contributed by atoms with Gasteiger partial charge in [0.2, 0.25) is 0 Å². The first-order chi connectivity index (χ1) is 7.29. The van der Waals surface area contributed by atoms with Crippen molar-refractivity contribution >= 4 is 75.7 Å². The average molecular weight is 482 g/mol. The summed E-state index contributed by atoms with van der Waals surface area (Å²) in [7, 11) is 0. The van der Waals surface area contributed by atoms with Gasteiger partial charge in [-0.2, -0.15) is 0 Å². The summed E-state index contributed by atoms with van der Waals surface area (Å²) in [6.45, 7) is 0. The topological polar surface area (TPSA) is 74.6 Å². The number of carboxylic acid groups (broad SMARTS) is 2. The molecule has 0 aliphatic rings. The smallest absolute Gasteiger partial charge is 0.337 e. The molecule has 0 radical (unpaired) electrons. The van der Waals surface area contributed by atoms with Gasteiger partial charge in [-0.15, -0.1) is 0 Å². The maximum Gasteiger partial charge on any atom is 0.337 e. The lowest BCUT2D eigenvalue weighted by atomic mass is 10.1. The van der Waals surface area contributed by atoms with Gasteiger partial charge in [0.15, 0.2) is 0 Å². The van der Waals surface area contributed by atoms with Crippen LogP contribution in [-0.2, 0) is 0 Å². The molecule has 0 spiro atoms. The lowest BCUT2D eigenvalue weighted by Gasteiger charge is -2.11. The number of benzene rings is 1. The van der Waals surface area contributed by atoms with Gasteiger partial charge in [-0.3, -0.25) is 0 Å². The van der Waals surface area contributed by atoms with Gasteiger partial charge in [0, 0.05) is 17.9 Å². The van der Waals surface area contributed by atoms with Gasteiger partial charge in [-0.1, -0.05) is 0 Å². The Morgan fingerprint density at radius 3 is 1.12 bits per heavy atom. The highest BCUT2D eigenvalue weighted by Gasteiger charge is 2.27. The van der Waals surface area contributed by atoms with Crippen molar-refractivity contribution < 1.29 is 19.8 Å². The van der Waals surface area contributed by atoms with E-state index in [-0.39, 0.29) is 20.1 Å². The van der Waals surface area contributed by atoms with Crippen molar-refractivity contribution in [3.63, 3.8) is 0 Å². The third-order valence-corrected chi connectivity index (χ3v) is 6.46. The number of carbonyl (C=O) groups is 2. The molecule has 4 nitrogen and oxygen atoms in total. The van der Waals surface area contributed by atoms with E-state index in [1.807, 2.05) is 0 Å². The van der Waals surface area contributed by atoms with Gasteiger partial charge in [-0.25, -0.2) is 9.59 Å². The SMILES string of the molecule is O=C(O)c1c(Br)c(Br)c(Br)c(Br)c1C(=O)O. The molecule has 0 bridgehead atoms. The van der Waals surface area contributed by atoms with Gasteiger partial charge < -0.3 is 10.2 Å². The second-order valence-corrected chi connectivity index (χ2v) is 5.79. The van der Waals surface area contributed by atoms with E-state index in [1.165, 1.54) is 0 Å². The second kappa shape index (κ2) is 5.16. The predicted molar refractivity (Wildman–Crippen MR) is 71.2 cm³/mol. The molecule has 0 saturated carbocycles. The van der Waals surface area contributed by atoms with Crippen molar-refractivity contribution in [1.29, 1.82) is 0 Å². The van der Waals surface area contributed by atoms with E-state index in [4.69, 9.17) is 10.2 Å².